The minimum atomic E-state index is -0.366. The molecule has 0 aromatic heterocycles. The summed E-state index contributed by atoms with van der Waals surface area (Å²) in [5.41, 5.74) is 1.39. The van der Waals surface area contributed by atoms with E-state index in [9.17, 15) is 14.0 Å². The van der Waals surface area contributed by atoms with Gasteiger partial charge in [0.1, 0.15) is 11.6 Å². The summed E-state index contributed by atoms with van der Waals surface area (Å²) in [6.07, 6.45) is 1.78. The number of likely N-dealkylation sites (tertiary alicyclic amines) is 1. The fourth-order valence-electron chi connectivity index (χ4n) is 3.17. The second-order valence-electron chi connectivity index (χ2n) is 6.66. The van der Waals surface area contributed by atoms with E-state index >= 15 is 0 Å². The van der Waals surface area contributed by atoms with Gasteiger partial charge in [-0.15, -0.1) is 0 Å². The minimum Gasteiger partial charge on any atom is -0.497 e. The molecule has 2 amide bonds. The first-order valence-corrected chi connectivity index (χ1v) is 9.02. The van der Waals surface area contributed by atoms with Gasteiger partial charge in [-0.05, 0) is 54.8 Å². The van der Waals surface area contributed by atoms with E-state index in [2.05, 4.69) is 5.32 Å². The van der Waals surface area contributed by atoms with Crippen LogP contribution in [0.25, 0.3) is 0 Å². The fraction of sp³-hybridized carbons (Fsp3) is 0.333. The molecule has 1 N–H and O–H groups in total. The molecule has 6 heteroatoms. The Bertz CT molecular complexity index is 782. The lowest BCUT2D eigenvalue weighted by atomic mass is 10.0. The van der Waals surface area contributed by atoms with Crippen LogP contribution in [0.4, 0.5) is 4.39 Å². The van der Waals surface area contributed by atoms with Gasteiger partial charge in [-0.25, -0.2) is 4.39 Å². The molecular formula is C21H23FN2O3. The number of ether oxygens (including phenoxy) is 1. The van der Waals surface area contributed by atoms with Crippen molar-refractivity contribution in [1.82, 2.24) is 10.2 Å². The van der Waals surface area contributed by atoms with E-state index in [1.54, 1.807) is 7.11 Å². The maximum absolute atomic E-state index is 12.9. The number of nitrogens with zero attached hydrogens (tertiary/aromatic N) is 1. The summed E-state index contributed by atoms with van der Waals surface area (Å²) in [7, 11) is 1.61. The summed E-state index contributed by atoms with van der Waals surface area (Å²) in [5, 5.41) is 2.96. The fourth-order valence-corrected chi connectivity index (χ4v) is 3.17. The lowest BCUT2D eigenvalue weighted by Gasteiger charge is -2.32. The second-order valence-corrected chi connectivity index (χ2v) is 6.66. The maximum Gasteiger partial charge on any atom is 0.251 e. The van der Waals surface area contributed by atoms with E-state index in [-0.39, 0.29) is 23.7 Å². The zero-order valence-corrected chi connectivity index (χ0v) is 15.3. The van der Waals surface area contributed by atoms with Crippen LogP contribution in [0.3, 0.4) is 0 Å². The Morgan fingerprint density at radius 3 is 2.30 bits per heavy atom. The molecule has 27 heavy (non-hydrogen) atoms. The van der Waals surface area contributed by atoms with Gasteiger partial charge in [0, 0.05) is 24.7 Å². The number of hydrogen-bond acceptors (Lipinski definition) is 3. The number of rotatable bonds is 5. The number of amides is 2. The predicted molar refractivity (Wildman–Crippen MR) is 100 cm³/mol. The molecule has 142 valence electrons. The van der Waals surface area contributed by atoms with Crippen LogP contribution in [0.1, 0.15) is 28.8 Å². The molecule has 0 radical (unpaired) electrons. The molecule has 0 atom stereocenters. The first kappa shape index (κ1) is 18.9. The highest BCUT2D eigenvalue weighted by Crippen LogP contribution is 2.16. The zero-order valence-electron chi connectivity index (χ0n) is 15.3. The van der Waals surface area contributed by atoms with Crippen LogP contribution in [0, 0.1) is 5.82 Å². The summed E-state index contributed by atoms with van der Waals surface area (Å²) < 4.78 is 18.1. The van der Waals surface area contributed by atoms with Crippen molar-refractivity contribution in [3.05, 3.63) is 65.5 Å². The average Bonchev–Trinajstić information content (AvgIpc) is 2.69. The summed E-state index contributed by atoms with van der Waals surface area (Å²) in [5.74, 6) is 0.278. The molecule has 0 saturated carbocycles. The molecule has 5 nitrogen and oxygen atoms in total. The monoisotopic (exact) mass is 370 g/mol. The number of nitrogens with one attached hydrogen (secondary N) is 1. The molecule has 0 aliphatic carbocycles. The van der Waals surface area contributed by atoms with Gasteiger partial charge in [-0.3, -0.25) is 9.59 Å². The molecule has 3 rings (SSSR count). The smallest absolute Gasteiger partial charge is 0.251 e. The Kier molecular flexibility index (Phi) is 6.06. The molecule has 1 fully saturated rings. The molecule has 2 aromatic rings. The molecule has 1 aliphatic rings. The number of carbonyl (C=O) groups is 2. The molecule has 1 heterocycles. The molecule has 0 bridgehead atoms. The zero-order chi connectivity index (χ0) is 19.2. The van der Waals surface area contributed by atoms with Crippen molar-refractivity contribution in [3.63, 3.8) is 0 Å². The van der Waals surface area contributed by atoms with Crippen LogP contribution >= 0.6 is 0 Å². The summed E-state index contributed by atoms with van der Waals surface area (Å²) in [6.45, 7) is 1.23. The summed E-state index contributed by atoms with van der Waals surface area (Å²) >= 11 is 0. The Balaban J connectivity index is 1.47. The third-order valence-electron chi connectivity index (χ3n) is 4.80. The first-order chi connectivity index (χ1) is 13.0. The number of carbonyl (C=O) groups excluding carboxylic acids is 2. The Hall–Kier alpha value is -2.89. The van der Waals surface area contributed by atoms with E-state index in [0.717, 1.165) is 11.3 Å². The van der Waals surface area contributed by atoms with E-state index in [0.29, 0.717) is 37.9 Å². The topological polar surface area (TPSA) is 58.6 Å². The standard InChI is InChI=1S/C21H23FN2O3/c1-27-19-8-2-15(3-9-19)14-20(25)24-12-10-18(11-13-24)23-21(26)16-4-6-17(22)7-5-16/h2-9,18H,10-14H2,1H3,(H,23,26). The van der Waals surface area contributed by atoms with Crippen molar-refractivity contribution in [2.24, 2.45) is 0 Å². The number of methoxy groups -OCH3 is 1. The third-order valence-corrected chi connectivity index (χ3v) is 4.80. The van der Waals surface area contributed by atoms with Crippen LogP contribution in [-0.2, 0) is 11.2 Å². The minimum absolute atomic E-state index is 0.0209. The van der Waals surface area contributed by atoms with Crippen molar-refractivity contribution in [2.45, 2.75) is 25.3 Å². The lowest BCUT2D eigenvalue weighted by Crippen LogP contribution is -2.47. The van der Waals surface area contributed by atoms with E-state index < -0.39 is 0 Å². The highest BCUT2D eigenvalue weighted by atomic mass is 19.1. The Morgan fingerprint density at radius 1 is 1.07 bits per heavy atom. The largest absolute Gasteiger partial charge is 0.497 e. The van der Waals surface area contributed by atoms with Gasteiger partial charge in [0.2, 0.25) is 5.91 Å². The average molecular weight is 370 g/mol. The SMILES string of the molecule is COc1ccc(CC(=O)N2CCC(NC(=O)c3ccc(F)cc3)CC2)cc1. The quantitative estimate of drug-likeness (QED) is 0.881. The van der Waals surface area contributed by atoms with Crippen LogP contribution in [0.5, 0.6) is 5.75 Å². The molecule has 0 unspecified atom stereocenters. The van der Waals surface area contributed by atoms with Crippen LogP contribution in [0.2, 0.25) is 0 Å². The number of piperidine rings is 1. The highest BCUT2D eigenvalue weighted by molar-refractivity contribution is 5.94. The van der Waals surface area contributed by atoms with Crippen molar-refractivity contribution < 1.29 is 18.7 Å². The normalized spacial score (nSPS) is 14.7. The van der Waals surface area contributed by atoms with Crippen LogP contribution < -0.4 is 10.1 Å². The van der Waals surface area contributed by atoms with Crippen LogP contribution in [-0.4, -0.2) is 43.0 Å². The van der Waals surface area contributed by atoms with Crippen molar-refractivity contribution in [2.75, 3.05) is 20.2 Å². The number of hydrogen-bond donors (Lipinski definition) is 1. The van der Waals surface area contributed by atoms with E-state index in [4.69, 9.17) is 4.74 Å². The van der Waals surface area contributed by atoms with Gasteiger partial charge in [0.15, 0.2) is 0 Å². The predicted octanol–water partition coefficient (Wildman–Crippen LogP) is 2.80. The Labute approximate surface area is 158 Å². The van der Waals surface area contributed by atoms with Gasteiger partial charge < -0.3 is 15.0 Å². The van der Waals surface area contributed by atoms with Gasteiger partial charge in [-0.1, -0.05) is 12.1 Å². The molecule has 2 aromatic carbocycles. The Morgan fingerprint density at radius 2 is 1.70 bits per heavy atom. The van der Waals surface area contributed by atoms with Crippen molar-refractivity contribution >= 4 is 11.8 Å². The maximum atomic E-state index is 12.9. The second kappa shape index (κ2) is 8.66. The summed E-state index contributed by atoms with van der Waals surface area (Å²) in [6, 6.07) is 13.0. The molecular weight excluding hydrogens is 347 g/mol. The van der Waals surface area contributed by atoms with Gasteiger partial charge in [0.05, 0.1) is 13.5 Å². The number of benzene rings is 2. The van der Waals surface area contributed by atoms with Gasteiger partial charge >= 0.3 is 0 Å². The van der Waals surface area contributed by atoms with Crippen molar-refractivity contribution in [3.8, 4) is 5.75 Å². The van der Waals surface area contributed by atoms with E-state index in [1.165, 1.54) is 24.3 Å². The highest BCUT2D eigenvalue weighted by Gasteiger charge is 2.24. The van der Waals surface area contributed by atoms with Gasteiger partial charge in [0.25, 0.3) is 5.91 Å². The van der Waals surface area contributed by atoms with Crippen molar-refractivity contribution in [1.29, 1.82) is 0 Å². The van der Waals surface area contributed by atoms with Crippen LogP contribution in [0.15, 0.2) is 48.5 Å². The lowest BCUT2D eigenvalue weighted by molar-refractivity contribution is -0.131. The molecule has 1 aliphatic heterocycles. The molecule has 1 saturated heterocycles. The first-order valence-electron chi connectivity index (χ1n) is 9.02. The molecule has 0 spiro atoms. The summed E-state index contributed by atoms with van der Waals surface area (Å²) in [4.78, 5) is 26.5. The third kappa shape index (κ3) is 5.06. The van der Waals surface area contributed by atoms with E-state index in [1.807, 2.05) is 29.2 Å². The van der Waals surface area contributed by atoms with Gasteiger partial charge in [-0.2, -0.15) is 0 Å². The number of halogens is 1.